The second kappa shape index (κ2) is 6.07. The normalized spacial score (nSPS) is 15.8. The van der Waals surface area contributed by atoms with Crippen molar-refractivity contribution in [3.63, 3.8) is 0 Å². The standard InChI is InChI=1S/C14H22N4O2/c1-10(2)8-13(19)17-4-6-18(7-5-17)14(20)12-9-15-16-11(12)3/h9-10H,4-8H2,1-3H3,(H,15,16). The van der Waals surface area contributed by atoms with Gasteiger partial charge in [0.25, 0.3) is 5.91 Å². The molecule has 1 fully saturated rings. The van der Waals surface area contributed by atoms with Gasteiger partial charge in [0.2, 0.25) is 5.91 Å². The number of rotatable bonds is 3. The van der Waals surface area contributed by atoms with Gasteiger partial charge in [-0.25, -0.2) is 0 Å². The molecule has 6 nitrogen and oxygen atoms in total. The van der Waals surface area contributed by atoms with Crippen LogP contribution in [-0.2, 0) is 4.79 Å². The van der Waals surface area contributed by atoms with E-state index in [1.807, 2.05) is 25.7 Å². The van der Waals surface area contributed by atoms with Crippen LogP contribution in [-0.4, -0.2) is 58.0 Å². The first-order chi connectivity index (χ1) is 9.49. The van der Waals surface area contributed by atoms with Gasteiger partial charge in [0, 0.05) is 38.3 Å². The van der Waals surface area contributed by atoms with Crippen molar-refractivity contribution in [3.8, 4) is 0 Å². The van der Waals surface area contributed by atoms with Crippen LogP contribution in [0.4, 0.5) is 0 Å². The van der Waals surface area contributed by atoms with E-state index in [1.165, 1.54) is 0 Å². The van der Waals surface area contributed by atoms with E-state index in [9.17, 15) is 9.59 Å². The molecule has 0 atom stereocenters. The van der Waals surface area contributed by atoms with E-state index < -0.39 is 0 Å². The smallest absolute Gasteiger partial charge is 0.257 e. The maximum atomic E-state index is 12.3. The van der Waals surface area contributed by atoms with Crippen molar-refractivity contribution in [1.82, 2.24) is 20.0 Å². The first kappa shape index (κ1) is 14.6. The van der Waals surface area contributed by atoms with Crippen molar-refractivity contribution < 1.29 is 9.59 Å². The second-order valence-corrected chi connectivity index (χ2v) is 5.68. The third-order valence-corrected chi connectivity index (χ3v) is 3.56. The first-order valence-electron chi connectivity index (χ1n) is 7.06. The molecule has 0 spiro atoms. The third-order valence-electron chi connectivity index (χ3n) is 3.56. The predicted molar refractivity (Wildman–Crippen MR) is 75.3 cm³/mol. The number of aryl methyl sites for hydroxylation is 1. The molecule has 0 radical (unpaired) electrons. The lowest BCUT2D eigenvalue weighted by molar-refractivity contribution is -0.133. The number of aromatic nitrogens is 2. The molecule has 110 valence electrons. The van der Waals surface area contributed by atoms with Crippen LogP contribution >= 0.6 is 0 Å². The average molecular weight is 278 g/mol. The molecule has 1 aromatic rings. The van der Waals surface area contributed by atoms with Gasteiger partial charge in [-0.1, -0.05) is 13.8 Å². The Bertz CT molecular complexity index is 487. The van der Waals surface area contributed by atoms with Gasteiger partial charge >= 0.3 is 0 Å². The zero-order valence-electron chi connectivity index (χ0n) is 12.3. The number of hydrogen-bond donors (Lipinski definition) is 1. The Kier molecular flexibility index (Phi) is 4.42. The lowest BCUT2D eigenvalue weighted by atomic mass is 10.1. The molecule has 1 aromatic heterocycles. The molecular formula is C14H22N4O2. The van der Waals surface area contributed by atoms with E-state index in [2.05, 4.69) is 10.2 Å². The molecule has 0 aliphatic carbocycles. The van der Waals surface area contributed by atoms with Crippen LogP contribution in [0.5, 0.6) is 0 Å². The molecule has 0 aromatic carbocycles. The highest BCUT2D eigenvalue weighted by Gasteiger charge is 2.26. The summed E-state index contributed by atoms with van der Waals surface area (Å²) in [5.74, 6) is 0.551. The largest absolute Gasteiger partial charge is 0.339 e. The second-order valence-electron chi connectivity index (χ2n) is 5.68. The van der Waals surface area contributed by atoms with E-state index in [-0.39, 0.29) is 11.8 Å². The number of nitrogens with one attached hydrogen (secondary N) is 1. The van der Waals surface area contributed by atoms with E-state index in [1.54, 1.807) is 11.1 Å². The average Bonchev–Trinajstić information content (AvgIpc) is 2.83. The number of carbonyl (C=O) groups is 2. The van der Waals surface area contributed by atoms with Crippen LogP contribution < -0.4 is 0 Å². The van der Waals surface area contributed by atoms with Gasteiger partial charge in [0.15, 0.2) is 0 Å². The molecule has 0 saturated carbocycles. The Balaban J connectivity index is 1.90. The zero-order chi connectivity index (χ0) is 14.7. The monoisotopic (exact) mass is 278 g/mol. The van der Waals surface area contributed by atoms with Gasteiger partial charge in [0.1, 0.15) is 0 Å². The summed E-state index contributed by atoms with van der Waals surface area (Å²) in [5, 5.41) is 6.65. The number of carbonyl (C=O) groups excluding carboxylic acids is 2. The zero-order valence-corrected chi connectivity index (χ0v) is 12.3. The molecule has 2 heterocycles. The van der Waals surface area contributed by atoms with Crippen molar-refractivity contribution in [3.05, 3.63) is 17.5 Å². The van der Waals surface area contributed by atoms with Gasteiger partial charge in [-0.3, -0.25) is 14.7 Å². The van der Waals surface area contributed by atoms with Gasteiger partial charge in [0.05, 0.1) is 11.8 Å². The van der Waals surface area contributed by atoms with Crippen LogP contribution in [0.25, 0.3) is 0 Å². The fourth-order valence-corrected chi connectivity index (χ4v) is 2.37. The lowest BCUT2D eigenvalue weighted by Crippen LogP contribution is -2.50. The van der Waals surface area contributed by atoms with E-state index >= 15 is 0 Å². The van der Waals surface area contributed by atoms with Crippen LogP contribution in [0.15, 0.2) is 6.20 Å². The van der Waals surface area contributed by atoms with Gasteiger partial charge in [-0.05, 0) is 12.8 Å². The van der Waals surface area contributed by atoms with Gasteiger partial charge in [-0.15, -0.1) is 0 Å². The summed E-state index contributed by atoms with van der Waals surface area (Å²) >= 11 is 0. The molecule has 2 amide bonds. The van der Waals surface area contributed by atoms with Crippen LogP contribution in [0.3, 0.4) is 0 Å². The minimum Gasteiger partial charge on any atom is -0.339 e. The maximum Gasteiger partial charge on any atom is 0.257 e. The Morgan fingerprint density at radius 2 is 1.85 bits per heavy atom. The highest BCUT2D eigenvalue weighted by Crippen LogP contribution is 2.12. The quantitative estimate of drug-likeness (QED) is 0.898. The summed E-state index contributed by atoms with van der Waals surface area (Å²) in [6.45, 7) is 8.34. The molecule has 0 bridgehead atoms. The fraction of sp³-hybridized carbons (Fsp3) is 0.643. The molecule has 1 aliphatic heterocycles. The molecule has 6 heteroatoms. The first-order valence-corrected chi connectivity index (χ1v) is 7.06. The van der Waals surface area contributed by atoms with Crippen molar-refractivity contribution in [2.24, 2.45) is 5.92 Å². The summed E-state index contributed by atoms with van der Waals surface area (Å²) in [7, 11) is 0. The van der Waals surface area contributed by atoms with E-state index in [0.717, 1.165) is 5.69 Å². The van der Waals surface area contributed by atoms with Crippen LogP contribution in [0.1, 0.15) is 36.3 Å². The van der Waals surface area contributed by atoms with Crippen LogP contribution in [0.2, 0.25) is 0 Å². The highest BCUT2D eigenvalue weighted by molar-refractivity contribution is 5.95. The SMILES string of the molecule is Cc1[nH]ncc1C(=O)N1CCN(C(=O)CC(C)C)CC1. The number of H-pyrrole nitrogens is 1. The number of amides is 2. The Morgan fingerprint density at radius 3 is 2.35 bits per heavy atom. The highest BCUT2D eigenvalue weighted by atomic mass is 16.2. The fourth-order valence-electron chi connectivity index (χ4n) is 2.37. The summed E-state index contributed by atoms with van der Waals surface area (Å²) in [5.41, 5.74) is 1.40. The summed E-state index contributed by atoms with van der Waals surface area (Å²) in [6.07, 6.45) is 2.14. The Morgan fingerprint density at radius 1 is 1.25 bits per heavy atom. The van der Waals surface area contributed by atoms with E-state index in [0.29, 0.717) is 44.1 Å². The number of nitrogens with zero attached hydrogens (tertiary/aromatic N) is 3. The number of piperazine rings is 1. The summed E-state index contributed by atoms with van der Waals surface area (Å²) in [4.78, 5) is 27.9. The molecule has 1 N–H and O–H groups in total. The maximum absolute atomic E-state index is 12.3. The molecule has 1 saturated heterocycles. The van der Waals surface area contributed by atoms with Gasteiger partial charge < -0.3 is 9.80 Å². The topological polar surface area (TPSA) is 69.3 Å². The molecule has 20 heavy (non-hydrogen) atoms. The number of hydrogen-bond acceptors (Lipinski definition) is 3. The van der Waals surface area contributed by atoms with Crippen molar-refractivity contribution in [2.75, 3.05) is 26.2 Å². The molecule has 0 unspecified atom stereocenters. The molecule has 1 aliphatic rings. The predicted octanol–water partition coefficient (Wildman–Crippen LogP) is 1.05. The Hall–Kier alpha value is -1.85. The third kappa shape index (κ3) is 3.18. The molecule has 2 rings (SSSR count). The van der Waals surface area contributed by atoms with Crippen LogP contribution in [0, 0.1) is 12.8 Å². The van der Waals surface area contributed by atoms with Crippen molar-refractivity contribution in [2.45, 2.75) is 27.2 Å². The van der Waals surface area contributed by atoms with E-state index in [4.69, 9.17) is 0 Å². The Labute approximate surface area is 119 Å². The van der Waals surface area contributed by atoms with Gasteiger partial charge in [-0.2, -0.15) is 5.10 Å². The molecular weight excluding hydrogens is 256 g/mol. The minimum atomic E-state index is -0.00721. The lowest BCUT2D eigenvalue weighted by Gasteiger charge is -2.35. The number of aromatic amines is 1. The summed E-state index contributed by atoms with van der Waals surface area (Å²) in [6, 6.07) is 0. The minimum absolute atomic E-state index is 0.00721. The summed E-state index contributed by atoms with van der Waals surface area (Å²) < 4.78 is 0. The van der Waals surface area contributed by atoms with Crippen molar-refractivity contribution >= 4 is 11.8 Å². The van der Waals surface area contributed by atoms with Crippen molar-refractivity contribution in [1.29, 1.82) is 0 Å².